The Kier molecular flexibility index (Phi) is 6.39. The molecule has 2 aromatic carbocycles. The van der Waals surface area contributed by atoms with Crippen LogP contribution in [0.1, 0.15) is 30.5 Å². The molecule has 1 aliphatic heterocycles. The maximum absolute atomic E-state index is 12.9. The molecule has 0 radical (unpaired) electrons. The number of carbonyl (C=O) groups excluding carboxylic acids is 2. The zero-order valence-electron chi connectivity index (χ0n) is 17.8. The summed E-state index contributed by atoms with van der Waals surface area (Å²) in [5.41, 5.74) is 0.720. The van der Waals surface area contributed by atoms with E-state index in [1.54, 1.807) is 24.3 Å². The normalized spacial score (nSPS) is 17.7. The molecule has 0 saturated carbocycles. The van der Waals surface area contributed by atoms with Crippen LogP contribution in [0.2, 0.25) is 0 Å². The standard InChI is InChI=1S/C23H25NO7/c1-5-10-24-20(13-6-8-16(29-2)15(25)11-13)19(22(27)23(24)28)21(26)14-7-9-17(30-3)18(12-14)31-4/h6-9,11-12,20,25-26H,5,10H2,1-4H3/b21-19-. The molecule has 31 heavy (non-hydrogen) atoms. The smallest absolute Gasteiger partial charge is 0.295 e. The Hall–Kier alpha value is -3.68. The van der Waals surface area contributed by atoms with Crippen molar-refractivity contribution in [3.05, 3.63) is 53.1 Å². The SMILES string of the molecule is CCCN1C(=O)C(=O)/C(=C(\O)c2ccc(OC)c(OC)c2)C1c1ccc(OC)c(O)c1. The number of aromatic hydroxyl groups is 1. The minimum absolute atomic E-state index is 0.0600. The summed E-state index contributed by atoms with van der Waals surface area (Å²) in [4.78, 5) is 27.1. The van der Waals surface area contributed by atoms with Gasteiger partial charge >= 0.3 is 0 Å². The van der Waals surface area contributed by atoms with Crippen molar-refractivity contribution in [2.24, 2.45) is 0 Å². The molecule has 0 spiro atoms. The number of nitrogens with zero attached hydrogens (tertiary/aromatic N) is 1. The van der Waals surface area contributed by atoms with E-state index in [4.69, 9.17) is 14.2 Å². The molecule has 1 atom stereocenters. The van der Waals surface area contributed by atoms with Gasteiger partial charge in [0.15, 0.2) is 23.0 Å². The van der Waals surface area contributed by atoms with E-state index in [2.05, 4.69) is 0 Å². The monoisotopic (exact) mass is 427 g/mol. The summed E-state index contributed by atoms with van der Waals surface area (Å²) in [6.07, 6.45) is 0.613. The molecule has 164 valence electrons. The zero-order chi connectivity index (χ0) is 22.7. The molecule has 1 fully saturated rings. The van der Waals surface area contributed by atoms with Crippen LogP contribution >= 0.6 is 0 Å². The number of methoxy groups -OCH3 is 3. The fourth-order valence-corrected chi connectivity index (χ4v) is 3.71. The first-order valence-corrected chi connectivity index (χ1v) is 9.75. The number of aliphatic hydroxyl groups excluding tert-OH is 1. The molecule has 1 heterocycles. The minimum atomic E-state index is -0.857. The lowest BCUT2D eigenvalue weighted by Crippen LogP contribution is -2.30. The number of amides is 1. The van der Waals surface area contributed by atoms with E-state index in [0.717, 1.165) is 0 Å². The molecule has 1 aliphatic rings. The third kappa shape index (κ3) is 3.88. The van der Waals surface area contributed by atoms with Gasteiger partial charge in [0.1, 0.15) is 5.76 Å². The predicted octanol–water partition coefficient (Wildman–Crippen LogP) is 3.25. The number of phenolic OH excluding ortho intramolecular Hbond substituents is 1. The molecule has 8 heteroatoms. The Morgan fingerprint density at radius 2 is 1.61 bits per heavy atom. The molecule has 3 rings (SSSR count). The van der Waals surface area contributed by atoms with E-state index >= 15 is 0 Å². The first-order chi connectivity index (χ1) is 14.9. The maximum atomic E-state index is 12.9. The van der Waals surface area contributed by atoms with E-state index in [1.165, 1.54) is 38.4 Å². The van der Waals surface area contributed by atoms with E-state index in [1.807, 2.05) is 6.92 Å². The molecule has 2 N–H and O–H groups in total. The molecule has 8 nitrogen and oxygen atoms in total. The van der Waals surface area contributed by atoms with Gasteiger partial charge in [0.25, 0.3) is 11.7 Å². The van der Waals surface area contributed by atoms with Crippen molar-refractivity contribution in [2.45, 2.75) is 19.4 Å². The van der Waals surface area contributed by atoms with Crippen LogP contribution in [-0.4, -0.2) is 54.7 Å². The Balaban J connectivity index is 2.20. The Bertz CT molecular complexity index is 1040. The summed E-state index contributed by atoms with van der Waals surface area (Å²) in [5.74, 6) is -0.872. The van der Waals surface area contributed by atoms with Gasteiger partial charge in [-0.3, -0.25) is 9.59 Å². The van der Waals surface area contributed by atoms with Crippen molar-refractivity contribution in [3.63, 3.8) is 0 Å². The van der Waals surface area contributed by atoms with Crippen molar-refractivity contribution >= 4 is 17.4 Å². The third-order valence-electron chi connectivity index (χ3n) is 5.18. The number of ketones is 1. The van der Waals surface area contributed by atoms with Crippen molar-refractivity contribution in [2.75, 3.05) is 27.9 Å². The van der Waals surface area contributed by atoms with E-state index in [-0.39, 0.29) is 22.8 Å². The second kappa shape index (κ2) is 8.99. The predicted molar refractivity (Wildman–Crippen MR) is 114 cm³/mol. The van der Waals surface area contributed by atoms with Crippen LogP contribution in [-0.2, 0) is 9.59 Å². The lowest BCUT2D eigenvalue weighted by Gasteiger charge is -2.25. The highest BCUT2D eigenvalue weighted by Crippen LogP contribution is 2.42. The van der Waals surface area contributed by atoms with Crippen molar-refractivity contribution < 1.29 is 34.0 Å². The molecular formula is C23H25NO7. The van der Waals surface area contributed by atoms with Gasteiger partial charge < -0.3 is 29.3 Å². The van der Waals surface area contributed by atoms with E-state index in [0.29, 0.717) is 35.6 Å². The van der Waals surface area contributed by atoms with Gasteiger partial charge in [0.2, 0.25) is 0 Å². The van der Waals surface area contributed by atoms with Crippen LogP contribution in [0.15, 0.2) is 42.0 Å². The molecule has 0 aliphatic carbocycles. The summed E-state index contributed by atoms with van der Waals surface area (Å²) >= 11 is 0. The second-order valence-corrected chi connectivity index (χ2v) is 6.99. The third-order valence-corrected chi connectivity index (χ3v) is 5.18. The van der Waals surface area contributed by atoms with E-state index < -0.39 is 17.7 Å². The average molecular weight is 427 g/mol. The first-order valence-electron chi connectivity index (χ1n) is 9.75. The largest absolute Gasteiger partial charge is 0.507 e. The summed E-state index contributed by atoms with van der Waals surface area (Å²) < 4.78 is 15.6. The lowest BCUT2D eigenvalue weighted by molar-refractivity contribution is -0.139. The number of phenols is 1. The van der Waals surface area contributed by atoms with Gasteiger partial charge in [-0.2, -0.15) is 0 Å². The molecule has 1 amide bonds. The lowest BCUT2D eigenvalue weighted by atomic mass is 9.94. The fraction of sp³-hybridized carbons (Fsp3) is 0.304. The zero-order valence-corrected chi connectivity index (χ0v) is 17.8. The fourth-order valence-electron chi connectivity index (χ4n) is 3.71. The van der Waals surface area contributed by atoms with Crippen molar-refractivity contribution in [1.82, 2.24) is 4.90 Å². The van der Waals surface area contributed by atoms with Crippen LogP contribution in [0.3, 0.4) is 0 Å². The summed E-state index contributed by atoms with van der Waals surface area (Å²) in [6, 6.07) is 8.48. The number of hydrogen-bond donors (Lipinski definition) is 2. The van der Waals surface area contributed by atoms with Crippen LogP contribution in [0.5, 0.6) is 23.0 Å². The number of carbonyl (C=O) groups is 2. The number of likely N-dealkylation sites (tertiary alicyclic amines) is 1. The second-order valence-electron chi connectivity index (χ2n) is 6.99. The number of rotatable bonds is 7. The summed E-state index contributed by atoms with van der Waals surface area (Å²) in [5, 5.41) is 21.3. The number of ether oxygens (including phenoxy) is 3. The van der Waals surface area contributed by atoms with Crippen LogP contribution < -0.4 is 14.2 Å². The molecule has 1 saturated heterocycles. The first kappa shape index (κ1) is 22.0. The quantitative estimate of drug-likeness (QED) is 0.397. The molecular weight excluding hydrogens is 402 g/mol. The molecule has 1 unspecified atom stereocenters. The maximum Gasteiger partial charge on any atom is 0.295 e. The number of aliphatic hydroxyl groups is 1. The topological polar surface area (TPSA) is 106 Å². The van der Waals surface area contributed by atoms with Crippen molar-refractivity contribution in [3.8, 4) is 23.0 Å². The highest BCUT2D eigenvalue weighted by molar-refractivity contribution is 6.46. The van der Waals surface area contributed by atoms with E-state index in [9.17, 15) is 19.8 Å². The van der Waals surface area contributed by atoms with Gasteiger partial charge in [0, 0.05) is 12.1 Å². The minimum Gasteiger partial charge on any atom is -0.507 e. The molecule has 0 bridgehead atoms. The van der Waals surface area contributed by atoms with Gasteiger partial charge in [-0.05, 0) is 42.3 Å². The summed E-state index contributed by atoms with van der Waals surface area (Å²) in [7, 11) is 4.38. The molecule has 0 aromatic heterocycles. The Labute approximate surface area is 180 Å². The van der Waals surface area contributed by atoms with Gasteiger partial charge in [-0.1, -0.05) is 13.0 Å². The number of Topliss-reactive ketones (excluding diaryl/α,β-unsaturated/α-hetero) is 1. The summed E-state index contributed by atoms with van der Waals surface area (Å²) in [6.45, 7) is 2.20. The molecule has 2 aromatic rings. The average Bonchev–Trinajstić information content (AvgIpc) is 3.03. The Morgan fingerprint density at radius 3 is 2.19 bits per heavy atom. The van der Waals surface area contributed by atoms with Gasteiger partial charge in [-0.25, -0.2) is 0 Å². The van der Waals surface area contributed by atoms with Gasteiger partial charge in [-0.15, -0.1) is 0 Å². The van der Waals surface area contributed by atoms with Gasteiger partial charge in [0.05, 0.1) is 32.9 Å². The number of hydrogen-bond acceptors (Lipinski definition) is 7. The number of benzene rings is 2. The van der Waals surface area contributed by atoms with Crippen LogP contribution in [0.4, 0.5) is 0 Å². The van der Waals surface area contributed by atoms with Crippen molar-refractivity contribution in [1.29, 1.82) is 0 Å². The highest BCUT2D eigenvalue weighted by atomic mass is 16.5. The van der Waals surface area contributed by atoms with Crippen LogP contribution in [0, 0.1) is 0 Å². The van der Waals surface area contributed by atoms with Crippen LogP contribution in [0.25, 0.3) is 5.76 Å². The highest BCUT2D eigenvalue weighted by Gasteiger charge is 2.45. The Morgan fingerprint density at radius 1 is 0.968 bits per heavy atom.